The molecule has 0 saturated carbocycles. The van der Waals surface area contributed by atoms with Gasteiger partial charge < -0.3 is 4.74 Å². The highest BCUT2D eigenvalue weighted by molar-refractivity contribution is 6.05. The zero-order chi connectivity index (χ0) is 17.4. The third kappa shape index (κ3) is 1.77. The highest BCUT2D eigenvalue weighted by atomic mass is 16.5. The molecule has 25 heavy (non-hydrogen) atoms. The molecule has 0 radical (unpaired) electrons. The van der Waals surface area contributed by atoms with E-state index in [9.17, 15) is 0 Å². The third-order valence-electron chi connectivity index (χ3n) is 5.63. The van der Waals surface area contributed by atoms with Crippen LogP contribution in [0.25, 0.3) is 6.08 Å². The van der Waals surface area contributed by atoms with Gasteiger partial charge in [0.25, 0.3) is 0 Å². The molecule has 2 heterocycles. The number of allylic oxidation sites excluding steroid dienone is 4. The summed E-state index contributed by atoms with van der Waals surface area (Å²) in [5, 5.41) is 0. The van der Waals surface area contributed by atoms with Crippen molar-refractivity contribution in [3.05, 3.63) is 82.0 Å². The number of hydrogen-bond acceptors (Lipinski definition) is 2. The molecule has 2 aliphatic carbocycles. The molecule has 0 fully saturated rings. The summed E-state index contributed by atoms with van der Waals surface area (Å²) in [6.45, 7) is 8.63. The summed E-state index contributed by atoms with van der Waals surface area (Å²) in [6, 6.07) is 2.24. The van der Waals surface area contributed by atoms with Gasteiger partial charge in [0.15, 0.2) is 5.60 Å². The molecule has 1 spiro atoms. The van der Waals surface area contributed by atoms with Crippen molar-refractivity contribution in [2.24, 2.45) is 4.99 Å². The lowest BCUT2D eigenvalue weighted by Gasteiger charge is -2.42. The third-order valence-corrected chi connectivity index (χ3v) is 5.63. The number of aryl methyl sites for hydroxylation is 1. The van der Waals surface area contributed by atoms with E-state index in [1.54, 1.807) is 0 Å². The number of nitrogens with zero attached hydrogens (tertiary/aromatic N) is 1. The lowest BCUT2D eigenvalue weighted by Crippen LogP contribution is -2.41. The highest BCUT2D eigenvalue weighted by Gasteiger charge is 2.45. The van der Waals surface area contributed by atoms with Crippen LogP contribution in [0.4, 0.5) is 0 Å². The fourth-order valence-electron chi connectivity index (χ4n) is 4.65. The molecule has 2 aliphatic heterocycles. The van der Waals surface area contributed by atoms with Crippen LogP contribution in [0.3, 0.4) is 0 Å². The molecule has 0 bridgehead atoms. The van der Waals surface area contributed by atoms with Crippen molar-refractivity contribution >= 4 is 11.8 Å². The Morgan fingerprint density at radius 3 is 2.64 bits per heavy atom. The molecule has 2 heteroatoms. The zero-order valence-electron chi connectivity index (χ0n) is 15.1. The van der Waals surface area contributed by atoms with Gasteiger partial charge in [0.05, 0.1) is 5.54 Å². The van der Waals surface area contributed by atoms with Gasteiger partial charge in [0, 0.05) is 33.5 Å². The summed E-state index contributed by atoms with van der Waals surface area (Å²) < 4.78 is 6.81. The minimum atomic E-state index is -0.508. The molecular formula is C23H21NO. The largest absolute Gasteiger partial charge is 0.473 e. The van der Waals surface area contributed by atoms with E-state index >= 15 is 0 Å². The van der Waals surface area contributed by atoms with Gasteiger partial charge in [-0.05, 0) is 51.5 Å². The first-order chi connectivity index (χ1) is 11.9. The molecule has 2 nitrogen and oxygen atoms in total. The lowest BCUT2D eigenvalue weighted by molar-refractivity contribution is 0.194. The van der Waals surface area contributed by atoms with Gasteiger partial charge in [-0.15, -0.1) is 0 Å². The van der Waals surface area contributed by atoms with Crippen LogP contribution in [0.5, 0.6) is 5.75 Å². The van der Waals surface area contributed by atoms with Gasteiger partial charge >= 0.3 is 0 Å². The zero-order valence-corrected chi connectivity index (χ0v) is 15.1. The summed E-state index contributed by atoms with van der Waals surface area (Å²) >= 11 is 0. The lowest BCUT2D eigenvalue weighted by atomic mass is 9.76. The van der Waals surface area contributed by atoms with Crippen molar-refractivity contribution in [1.82, 2.24) is 0 Å². The number of hydrogen-bond donors (Lipinski definition) is 0. The van der Waals surface area contributed by atoms with Crippen molar-refractivity contribution < 1.29 is 4.74 Å². The van der Waals surface area contributed by atoms with Crippen LogP contribution in [-0.4, -0.2) is 11.3 Å². The van der Waals surface area contributed by atoms with Crippen LogP contribution in [0.1, 0.15) is 43.0 Å². The van der Waals surface area contributed by atoms with Gasteiger partial charge in [0.1, 0.15) is 5.75 Å². The van der Waals surface area contributed by atoms with E-state index in [1.807, 2.05) is 0 Å². The summed E-state index contributed by atoms with van der Waals surface area (Å²) in [7, 11) is 0. The summed E-state index contributed by atoms with van der Waals surface area (Å²) in [5.74, 6) is 0.983. The molecule has 1 aromatic rings. The Balaban J connectivity index is 1.82. The van der Waals surface area contributed by atoms with E-state index in [1.165, 1.54) is 27.8 Å². The van der Waals surface area contributed by atoms with E-state index in [-0.39, 0.29) is 5.54 Å². The molecule has 0 N–H and O–H groups in total. The van der Waals surface area contributed by atoms with E-state index in [2.05, 4.69) is 82.4 Å². The fourth-order valence-corrected chi connectivity index (χ4v) is 4.65. The van der Waals surface area contributed by atoms with Crippen molar-refractivity contribution in [1.29, 1.82) is 0 Å². The van der Waals surface area contributed by atoms with E-state index in [0.29, 0.717) is 0 Å². The van der Waals surface area contributed by atoms with Crippen LogP contribution in [0.15, 0.2) is 64.7 Å². The average molecular weight is 327 g/mol. The molecule has 4 aliphatic rings. The number of fused-ring (bicyclic) bond motifs is 3. The molecule has 0 amide bonds. The molecule has 1 aromatic carbocycles. The molecular weight excluding hydrogens is 306 g/mol. The summed E-state index contributed by atoms with van der Waals surface area (Å²) in [6.07, 6.45) is 17.1. The first kappa shape index (κ1) is 14.7. The second kappa shape index (κ2) is 4.51. The number of rotatable bonds is 0. The van der Waals surface area contributed by atoms with Crippen LogP contribution in [-0.2, 0) is 5.54 Å². The number of aliphatic imine (C=N–C) groups is 1. The van der Waals surface area contributed by atoms with Gasteiger partial charge in [0.2, 0.25) is 0 Å². The predicted molar refractivity (Wildman–Crippen MR) is 103 cm³/mol. The van der Waals surface area contributed by atoms with Crippen molar-refractivity contribution in [3.8, 4) is 5.75 Å². The standard InChI is InChI=1S/C23H21NO/c1-14-12-16-13-18-10-7-9-17-8-5-6-11-23(17,18)25-21(16)20-19(14)15(2)24-22(20,3)4/h5-13H,1-4H3. The van der Waals surface area contributed by atoms with Gasteiger partial charge in [-0.3, -0.25) is 4.99 Å². The highest BCUT2D eigenvalue weighted by Crippen LogP contribution is 2.51. The first-order valence-corrected chi connectivity index (χ1v) is 8.83. The van der Waals surface area contributed by atoms with Crippen molar-refractivity contribution in [2.75, 3.05) is 0 Å². The monoisotopic (exact) mass is 327 g/mol. The number of ether oxygens (including phenoxy) is 1. The Labute approximate surface area is 148 Å². The second-order valence-electron chi connectivity index (χ2n) is 7.75. The Kier molecular flexibility index (Phi) is 2.66. The Hall–Kier alpha value is -2.61. The van der Waals surface area contributed by atoms with E-state index in [0.717, 1.165) is 17.0 Å². The predicted octanol–water partition coefficient (Wildman–Crippen LogP) is 5.19. The van der Waals surface area contributed by atoms with Crippen molar-refractivity contribution in [2.45, 2.75) is 38.8 Å². The Bertz CT molecular complexity index is 1010. The molecule has 1 unspecified atom stereocenters. The molecule has 5 rings (SSSR count). The Morgan fingerprint density at radius 2 is 1.80 bits per heavy atom. The Morgan fingerprint density at radius 1 is 1.00 bits per heavy atom. The fraction of sp³-hybridized carbons (Fsp3) is 0.261. The van der Waals surface area contributed by atoms with Crippen molar-refractivity contribution in [3.63, 3.8) is 0 Å². The van der Waals surface area contributed by atoms with Crippen LogP contribution < -0.4 is 4.74 Å². The molecule has 1 atom stereocenters. The first-order valence-electron chi connectivity index (χ1n) is 8.83. The van der Waals surface area contributed by atoms with Crippen LogP contribution in [0, 0.1) is 6.92 Å². The number of benzene rings is 1. The smallest absolute Gasteiger partial charge is 0.178 e. The molecule has 124 valence electrons. The SMILES string of the molecule is CC1=NC(C)(C)c2c3c(cc(C)c21)C=C1C=CC=C2C=CC=CC21O3. The van der Waals surface area contributed by atoms with E-state index < -0.39 is 5.60 Å². The topological polar surface area (TPSA) is 21.6 Å². The average Bonchev–Trinajstić information content (AvgIpc) is 2.81. The van der Waals surface area contributed by atoms with Gasteiger partial charge in [-0.2, -0.15) is 0 Å². The quantitative estimate of drug-likeness (QED) is 0.642. The summed E-state index contributed by atoms with van der Waals surface area (Å²) in [4.78, 5) is 4.92. The maximum Gasteiger partial charge on any atom is 0.178 e. The maximum absolute atomic E-state index is 6.81. The minimum absolute atomic E-state index is 0.264. The van der Waals surface area contributed by atoms with Crippen LogP contribution in [0.2, 0.25) is 0 Å². The van der Waals surface area contributed by atoms with Gasteiger partial charge in [-0.25, -0.2) is 0 Å². The second-order valence-corrected chi connectivity index (χ2v) is 7.75. The maximum atomic E-state index is 6.81. The molecule has 0 aromatic heterocycles. The normalized spacial score (nSPS) is 26.6. The molecule has 0 saturated heterocycles. The van der Waals surface area contributed by atoms with Crippen LogP contribution >= 0.6 is 0 Å². The van der Waals surface area contributed by atoms with E-state index in [4.69, 9.17) is 9.73 Å². The van der Waals surface area contributed by atoms with Gasteiger partial charge in [-0.1, -0.05) is 36.5 Å². The summed E-state index contributed by atoms with van der Waals surface area (Å²) in [5.41, 5.74) is 7.60. The minimum Gasteiger partial charge on any atom is -0.473 e.